The highest BCUT2D eigenvalue weighted by atomic mass is 16.8. The third-order valence-electron chi connectivity index (χ3n) is 4.94. The predicted octanol–water partition coefficient (Wildman–Crippen LogP) is 6.08. The van der Waals surface area contributed by atoms with Crippen molar-refractivity contribution in [3.8, 4) is 11.5 Å². The zero-order valence-electron chi connectivity index (χ0n) is 25.6. The summed E-state index contributed by atoms with van der Waals surface area (Å²) in [6.07, 6.45) is -2.30. The zero-order valence-corrected chi connectivity index (χ0v) is 25.6. The minimum atomic E-state index is -2.23. The number of unbranched alkanes of at least 4 members (excludes halogenated alkanes) is 1. The third kappa shape index (κ3) is 14.1. The van der Waals surface area contributed by atoms with E-state index >= 15 is 0 Å². The molecule has 0 saturated carbocycles. The molecule has 1 aromatic rings. The summed E-state index contributed by atoms with van der Waals surface area (Å²) in [5.74, 6) is -1.88. The number of hydrogen-bond acceptors (Lipinski definition) is 11. The topological polar surface area (TPSA) is 156 Å². The maximum Gasteiger partial charge on any atom is 0.513 e. The average Bonchev–Trinajstić information content (AvgIpc) is 2.82. The van der Waals surface area contributed by atoms with Crippen molar-refractivity contribution in [1.29, 1.82) is 0 Å². The van der Waals surface area contributed by atoms with E-state index in [0.29, 0.717) is 6.42 Å². The van der Waals surface area contributed by atoms with E-state index in [1.807, 2.05) is 48.5 Å². The first-order chi connectivity index (χ1) is 18.9. The summed E-state index contributed by atoms with van der Waals surface area (Å²) in [6.45, 7) is 16.7. The lowest BCUT2D eigenvalue weighted by molar-refractivity contribution is -0.166. The Hall–Kier alpha value is -3.54. The van der Waals surface area contributed by atoms with Crippen molar-refractivity contribution >= 4 is 24.4 Å². The van der Waals surface area contributed by atoms with Crippen molar-refractivity contribution in [1.82, 2.24) is 5.32 Å². The van der Waals surface area contributed by atoms with Crippen molar-refractivity contribution in [2.24, 2.45) is 10.8 Å². The summed E-state index contributed by atoms with van der Waals surface area (Å²) in [7, 11) is 0. The first-order valence-electron chi connectivity index (χ1n) is 13.5. The summed E-state index contributed by atoms with van der Waals surface area (Å²) in [5, 5.41) is 12.9. The lowest BCUT2D eigenvalue weighted by Gasteiger charge is -2.31. The van der Waals surface area contributed by atoms with Gasteiger partial charge in [-0.15, -0.1) is 0 Å². The van der Waals surface area contributed by atoms with Crippen LogP contribution in [0.25, 0.3) is 0 Å². The number of carbonyl (C=O) groups is 4. The van der Waals surface area contributed by atoms with Gasteiger partial charge in [-0.3, -0.25) is 5.32 Å². The molecule has 232 valence electrons. The molecule has 2 N–H and O–H groups in total. The SMILES string of the molecule is CCCCOC(=O)O[C@](Cc1ccc(OC(=O)OCC(C)(C)C)c(OC(=O)OCC(C)(C)C)c1)(NC(C)C)C(=O)O. The smallest absolute Gasteiger partial charge is 0.477 e. The van der Waals surface area contributed by atoms with Gasteiger partial charge in [0.15, 0.2) is 11.5 Å². The van der Waals surface area contributed by atoms with E-state index in [-0.39, 0.29) is 47.7 Å². The molecule has 12 heteroatoms. The first-order valence-corrected chi connectivity index (χ1v) is 13.5. The molecule has 0 bridgehead atoms. The van der Waals surface area contributed by atoms with E-state index in [9.17, 15) is 24.3 Å². The van der Waals surface area contributed by atoms with Crippen molar-refractivity contribution in [2.75, 3.05) is 19.8 Å². The van der Waals surface area contributed by atoms with E-state index in [1.165, 1.54) is 18.2 Å². The lowest BCUT2D eigenvalue weighted by atomic mass is 9.99. The number of benzene rings is 1. The fourth-order valence-electron chi connectivity index (χ4n) is 3.14. The van der Waals surface area contributed by atoms with Gasteiger partial charge in [-0.2, -0.15) is 0 Å². The number of nitrogens with one attached hydrogen (secondary N) is 1. The molecule has 0 amide bonds. The number of aliphatic carboxylic acids is 1. The zero-order chi connectivity index (χ0) is 31.4. The van der Waals surface area contributed by atoms with Gasteiger partial charge in [-0.1, -0.05) is 61.0 Å². The molecular formula is C29H45NO11. The van der Waals surface area contributed by atoms with Gasteiger partial charge in [0.25, 0.3) is 5.72 Å². The lowest BCUT2D eigenvalue weighted by Crippen LogP contribution is -2.59. The molecule has 0 aliphatic heterocycles. The fourth-order valence-corrected chi connectivity index (χ4v) is 3.14. The maximum atomic E-state index is 12.5. The average molecular weight is 584 g/mol. The Morgan fingerprint density at radius 1 is 0.829 bits per heavy atom. The van der Waals surface area contributed by atoms with Crippen LogP contribution in [0, 0.1) is 10.8 Å². The Morgan fingerprint density at radius 3 is 1.83 bits per heavy atom. The van der Waals surface area contributed by atoms with Crippen LogP contribution in [0.1, 0.15) is 80.7 Å². The second kappa shape index (κ2) is 15.5. The predicted molar refractivity (Wildman–Crippen MR) is 149 cm³/mol. The fraction of sp³-hybridized carbons (Fsp3) is 0.655. The van der Waals surface area contributed by atoms with Crippen LogP contribution in [-0.4, -0.2) is 61.1 Å². The Balaban J connectivity index is 3.37. The number of ether oxygens (including phenoxy) is 6. The second-order valence-electron chi connectivity index (χ2n) is 12.3. The maximum absolute atomic E-state index is 12.5. The summed E-state index contributed by atoms with van der Waals surface area (Å²) in [4.78, 5) is 49.6. The first kappa shape index (κ1) is 35.5. The number of hydrogen-bond donors (Lipinski definition) is 2. The van der Waals surface area contributed by atoms with Crippen LogP contribution in [0.5, 0.6) is 11.5 Å². The highest BCUT2D eigenvalue weighted by Crippen LogP contribution is 2.32. The minimum absolute atomic E-state index is 0.0454. The summed E-state index contributed by atoms with van der Waals surface area (Å²) < 4.78 is 31.3. The molecule has 1 rings (SSSR count). The molecular weight excluding hydrogens is 538 g/mol. The summed E-state index contributed by atoms with van der Waals surface area (Å²) in [6, 6.07) is 3.61. The Labute approximate surface area is 241 Å². The molecule has 41 heavy (non-hydrogen) atoms. The molecule has 0 heterocycles. The van der Waals surface area contributed by atoms with Gasteiger partial charge in [0.1, 0.15) is 0 Å². The minimum Gasteiger partial charge on any atom is -0.477 e. The highest BCUT2D eigenvalue weighted by molar-refractivity contribution is 5.80. The molecule has 0 spiro atoms. The molecule has 0 fully saturated rings. The number of carboxylic acid groups (broad SMARTS) is 1. The van der Waals surface area contributed by atoms with Gasteiger partial charge in [-0.05, 0) is 48.8 Å². The van der Waals surface area contributed by atoms with Gasteiger partial charge >= 0.3 is 24.4 Å². The molecule has 0 saturated heterocycles. The van der Waals surface area contributed by atoms with Gasteiger partial charge in [0.05, 0.1) is 19.8 Å². The van der Waals surface area contributed by atoms with E-state index < -0.39 is 42.6 Å². The Bertz CT molecular complexity index is 1040. The van der Waals surface area contributed by atoms with Gasteiger partial charge < -0.3 is 33.5 Å². The number of carboxylic acids is 1. The van der Waals surface area contributed by atoms with E-state index in [4.69, 9.17) is 28.4 Å². The van der Waals surface area contributed by atoms with E-state index in [0.717, 1.165) is 6.42 Å². The van der Waals surface area contributed by atoms with Crippen molar-refractivity contribution < 1.29 is 52.7 Å². The normalized spacial score (nSPS) is 13.1. The van der Waals surface area contributed by atoms with Gasteiger partial charge in [0, 0.05) is 12.5 Å². The van der Waals surface area contributed by atoms with E-state index in [2.05, 4.69) is 5.32 Å². The molecule has 0 aliphatic rings. The van der Waals surface area contributed by atoms with E-state index in [1.54, 1.807) is 13.8 Å². The Kier molecular flexibility index (Phi) is 13.4. The number of carbonyl (C=O) groups excluding carboxylic acids is 3. The molecule has 0 radical (unpaired) electrons. The molecule has 1 atom stereocenters. The van der Waals surface area contributed by atoms with Crippen LogP contribution in [0.2, 0.25) is 0 Å². The summed E-state index contributed by atoms with van der Waals surface area (Å²) >= 11 is 0. The molecule has 1 aromatic carbocycles. The van der Waals surface area contributed by atoms with Crippen molar-refractivity contribution in [3.63, 3.8) is 0 Å². The quantitative estimate of drug-likeness (QED) is 0.0908. The van der Waals surface area contributed by atoms with Crippen molar-refractivity contribution in [3.05, 3.63) is 23.8 Å². The van der Waals surface area contributed by atoms with Crippen molar-refractivity contribution in [2.45, 2.75) is 93.3 Å². The second-order valence-corrected chi connectivity index (χ2v) is 12.3. The largest absolute Gasteiger partial charge is 0.513 e. The third-order valence-corrected chi connectivity index (χ3v) is 4.94. The van der Waals surface area contributed by atoms with Crippen LogP contribution in [0.3, 0.4) is 0 Å². The standard InChI is InChI=1S/C29H45NO11/c1-10-11-14-36-26(35)41-29(23(31)32,30-19(2)3)16-20-12-13-21(39-24(33)37-17-27(4,5)6)22(15-20)40-25(34)38-18-28(7,8)9/h12-13,15,19,30H,10-11,14,16-18H2,1-9H3,(H,31,32)/t29-/m0/s1. The van der Waals surface area contributed by atoms with Crippen LogP contribution in [0.4, 0.5) is 14.4 Å². The summed E-state index contributed by atoms with van der Waals surface area (Å²) in [5.41, 5.74) is -2.63. The molecule has 0 unspecified atom stereocenters. The van der Waals surface area contributed by atoms with Crippen LogP contribution >= 0.6 is 0 Å². The highest BCUT2D eigenvalue weighted by Gasteiger charge is 2.44. The monoisotopic (exact) mass is 583 g/mol. The Morgan fingerprint density at radius 2 is 1.37 bits per heavy atom. The molecule has 0 aliphatic carbocycles. The molecule has 12 nitrogen and oxygen atoms in total. The molecule has 0 aromatic heterocycles. The van der Waals surface area contributed by atoms with Crippen LogP contribution in [0.15, 0.2) is 18.2 Å². The van der Waals surface area contributed by atoms with Crippen LogP contribution in [-0.2, 0) is 30.2 Å². The van der Waals surface area contributed by atoms with Gasteiger partial charge in [-0.25, -0.2) is 19.2 Å². The van der Waals surface area contributed by atoms with Crippen LogP contribution < -0.4 is 14.8 Å². The number of rotatable bonds is 13. The van der Waals surface area contributed by atoms with Gasteiger partial charge in [0.2, 0.25) is 0 Å².